The van der Waals surface area contributed by atoms with E-state index in [9.17, 15) is 4.79 Å². The van der Waals surface area contributed by atoms with Gasteiger partial charge in [0.2, 0.25) is 0 Å². The molecule has 0 spiro atoms. The summed E-state index contributed by atoms with van der Waals surface area (Å²) in [5, 5.41) is 4.06. The Hall–Kier alpha value is -0.830. The lowest BCUT2D eigenvalue weighted by molar-refractivity contribution is 0.0900. The van der Waals surface area contributed by atoms with Crippen LogP contribution in [0, 0.1) is 19.3 Å². The summed E-state index contributed by atoms with van der Waals surface area (Å²) < 4.78 is 0. The Bertz CT molecular complexity index is 449. The van der Waals surface area contributed by atoms with Crippen LogP contribution in [0.2, 0.25) is 0 Å². The number of hydrogen-bond donors (Lipinski definition) is 1. The van der Waals surface area contributed by atoms with Crippen molar-refractivity contribution in [2.24, 2.45) is 5.41 Å². The predicted molar refractivity (Wildman–Crippen MR) is 85.0 cm³/mol. The number of carbonyl (C=O) groups excluding carboxylic acids is 1. The number of amides is 1. The van der Waals surface area contributed by atoms with Gasteiger partial charge in [0.15, 0.2) is 0 Å². The second-order valence-corrected chi connectivity index (χ2v) is 6.91. The van der Waals surface area contributed by atoms with Crippen molar-refractivity contribution < 1.29 is 4.79 Å². The lowest BCUT2D eigenvalue weighted by Gasteiger charge is -2.31. The Kier molecular flexibility index (Phi) is 5.60. The van der Waals surface area contributed by atoms with Crippen LogP contribution in [0.1, 0.15) is 48.7 Å². The molecular weight excluding hydrogens is 302 g/mol. The Morgan fingerprint density at radius 2 is 1.95 bits per heavy atom. The molecule has 1 amide bonds. The number of benzene rings is 1. The summed E-state index contributed by atoms with van der Waals surface area (Å²) in [4.78, 5) is 12.4. The van der Waals surface area contributed by atoms with Gasteiger partial charge >= 0.3 is 0 Å². The summed E-state index contributed by atoms with van der Waals surface area (Å²) in [5.41, 5.74) is 3.05. The lowest BCUT2D eigenvalue weighted by atomic mass is 9.85. The molecule has 0 fully saturated rings. The molecule has 0 bridgehead atoms. The molecule has 19 heavy (non-hydrogen) atoms. The summed E-state index contributed by atoms with van der Waals surface area (Å²) >= 11 is 3.46. The SMILES string of the molecule is Cc1cccc(C(=O)NC(CCBr)C(C)(C)C)c1C. The molecule has 1 N–H and O–H groups in total. The lowest BCUT2D eigenvalue weighted by Crippen LogP contribution is -2.44. The van der Waals surface area contributed by atoms with Crippen molar-refractivity contribution in [3.63, 3.8) is 0 Å². The van der Waals surface area contributed by atoms with E-state index in [2.05, 4.69) is 42.0 Å². The average Bonchev–Trinajstić information content (AvgIpc) is 2.30. The van der Waals surface area contributed by atoms with Gasteiger partial charge in [0.1, 0.15) is 0 Å². The van der Waals surface area contributed by atoms with Crippen molar-refractivity contribution in [3.05, 3.63) is 34.9 Å². The van der Waals surface area contributed by atoms with Gasteiger partial charge in [-0.3, -0.25) is 4.79 Å². The van der Waals surface area contributed by atoms with Crippen LogP contribution in [0.3, 0.4) is 0 Å². The van der Waals surface area contributed by atoms with Gasteiger partial charge in [0.25, 0.3) is 5.91 Å². The van der Waals surface area contributed by atoms with E-state index in [0.29, 0.717) is 0 Å². The van der Waals surface area contributed by atoms with Gasteiger partial charge < -0.3 is 5.32 Å². The van der Waals surface area contributed by atoms with E-state index < -0.39 is 0 Å². The zero-order valence-corrected chi connectivity index (χ0v) is 14.1. The highest BCUT2D eigenvalue weighted by Crippen LogP contribution is 2.23. The highest BCUT2D eigenvalue weighted by Gasteiger charge is 2.26. The van der Waals surface area contributed by atoms with Crippen molar-refractivity contribution in [1.82, 2.24) is 5.32 Å². The molecule has 1 aromatic rings. The van der Waals surface area contributed by atoms with E-state index in [1.807, 2.05) is 32.0 Å². The first-order valence-electron chi connectivity index (χ1n) is 6.70. The number of halogens is 1. The van der Waals surface area contributed by atoms with E-state index in [0.717, 1.165) is 28.4 Å². The maximum Gasteiger partial charge on any atom is 0.251 e. The largest absolute Gasteiger partial charge is 0.349 e. The number of alkyl halides is 1. The Balaban J connectivity index is 2.91. The van der Waals surface area contributed by atoms with Gasteiger partial charge in [0.05, 0.1) is 0 Å². The fourth-order valence-electron chi connectivity index (χ4n) is 2.06. The van der Waals surface area contributed by atoms with E-state index >= 15 is 0 Å². The first-order valence-corrected chi connectivity index (χ1v) is 7.82. The summed E-state index contributed by atoms with van der Waals surface area (Å²) in [7, 11) is 0. The third-order valence-electron chi connectivity index (χ3n) is 3.60. The molecule has 2 nitrogen and oxygen atoms in total. The van der Waals surface area contributed by atoms with E-state index in [1.54, 1.807) is 0 Å². The summed E-state index contributed by atoms with van der Waals surface area (Å²) in [6.45, 7) is 10.5. The maximum absolute atomic E-state index is 12.4. The normalized spacial score (nSPS) is 13.2. The Labute approximate surface area is 125 Å². The van der Waals surface area contributed by atoms with E-state index in [1.165, 1.54) is 0 Å². The molecule has 0 saturated carbocycles. The molecule has 0 saturated heterocycles. The number of rotatable bonds is 4. The molecule has 106 valence electrons. The summed E-state index contributed by atoms with van der Waals surface area (Å²) in [6, 6.07) is 6.03. The summed E-state index contributed by atoms with van der Waals surface area (Å²) in [5.74, 6) is 0.0297. The number of aryl methyl sites for hydroxylation is 1. The highest BCUT2D eigenvalue weighted by atomic mass is 79.9. The number of hydrogen-bond acceptors (Lipinski definition) is 1. The van der Waals surface area contributed by atoms with Gasteiger partial charge in [-0.25, -0.2) is 0 Å². The van der Waals surface area contributed by atoms with Crippen LogP contribution in [0.5, 0.6) is 0 Å². The van der Waals surface area contributed by atoms with Crippen molar-refractivity contribution in [1.29, 1.82) is 0 Å². The molecule has 0 aromatic heterocycles. The second-order valence-electron chi connectivity index (χ2n) is 6.12. The molecule has 1 unspecified atom stereocenters. The van der Waals surface area contributed by atoms with Crippen LogP contribution in [-0.4, -0.2) is 17.3 Å². The predicted octanol–water partition coefficient (Wildman–Crippen LogP) is 4.23. The standard InChI is InChI=1S/C16H24BrNO/c1-11-7-6-8-13(12(11)2)15(19)18-14(9-10-17)16(3,4)5/h6-8,14H,9-10H2,1-5H3,(H,18,19). The molecule has 1 rings (SSSR count). The number of carbonyl (C=O) groups is 1. The van der Waals surface area contributed by atoms with Crippen LogP contribution < -0.4 is 5.32 Å². The molecule has 0 aliphatic heterocycles. The first-order chi connectivity index (χ1) is 8.77. The zero-order valence-electron chi connectivity index (χ0n) is 12.5. The molecule has 0 radical (unpaired) electrons. The van der Waals surface area contributed by atoms with Crippen molar-refractivity contribution in [2.45, 2.75) is 47.1 Å². The second kappa shape index (κ2) is 6.56. The quantitative estimate of drug-likeness (QED) is 0.824. The smallest absolute Gasteiger partial charge is 0.251 e. The van der Waals surface area contributed by atoms with Crippen LogP contribution in [0.25, 0.3) is 0 Å². The van der Waals surface area contributed by atoms with Crippen molar-refractivity contribution >= 4 is 21.8 Å². The average molecular weight is 326 g/mol. The minimum absolute atomic E-state index is 0.0297. The van der Waals surface area contributed by atoms with Gasteiger partial charge in [-0.2, -0.15) is 0 Å². The highest BCUT2D eigenvalue weighted by molar-refractivity contribution is 9.09. The molecule has 3 heteroatoms. The van der Waals surface area contributed by atoms with E-state index in [-0.39, 0.29) is 17.4 Å². The Morgan fingerprint density at radius 3 is 2.47 bits per heavy atom. The zero-order chi connectivity index (χ0) is 14.6. The third-order valence-corrected chi connectivity index (χ3v) is 4.06. The van der Waals surface area contributed by atoms with Crippen LogP contribution in [-0.2, 0) is 0 Å². The molecule has 1 atom stereocenters. The first kappa shape index (κ1) is 16.2. The fourth-order valence-corrected chi connectivity index (χ4v) is 2.52. The topological polar surface area (TPSA) is 29.1 Å². The monoisotopic (exact) mass is 325 g/mol. The van der Waals surface area contributed by atoms with Crippen molar-refractivity contribution in [3.8, 4) is 0 Å². The van der Waals surface area contributed by atoms with Gasteiger partial charge in [-0.1, -0.05) is 48.8 Å². The van der Waals surface area contributed by atoms with Gasteiger partial charge in [-0.15, -0.1) is 0 Å². The molecule has 1 aromatic carbocycles. The minimum Gasteiger partial charge on any atom is -0.349 e. The molecule has 0 aliphatic carbocycles. The molecule has 0 aliphatic rings. The fraction of sp³-hybridized carbons (Fsp3) is 0.562. The van der Waals surface area contributed by atoms with Gasteiger partial charge in [0, 0.05) is 16.9 Å². The van der Waals surface area contributed by atoms with Crippen LogP contribution in [0.15, 0.2) is 18.2 Å². The van der Waals surface area contributed by atoms with E-state index in [4.69, 9.17) is 0 Å². The third kappa shape index (κ3) is 4.34. The van der Waals surface area contributed by atoms with Crippen LogP contribution in [0.4, 0.5) is 0 Å². The Morgan fingerprint density at radius 1 is 1.32 bits per heavy atom. The minimum atomic E-state index is 0.0297. The van der Waals surface area contributed by atoms with Gasteiger partial charge in [-0.05, 0) is 42.9 Å². The summed E-state index contributed by atoms with van der Waals surface area (Å²) in [6.07, 6.45) is 0.931. The number of nitrogens with one attached hydrogen (secondary N) is 1. The van der Waals surface area contributed by atoms with Crippen LogP contribution >= 0.6 is 15.9 Å². The maximum atomic E-state index is 12.4. The molecular formula is C16H24BrNO. The molecule has 0 heterocycles. The van der Waals surface area contributed by atoms with Crippen molar-refractivity contribution in [2.75, 3.05) is 5.33 Å².